The van der Waals surface area contributed by atoms with E-state index in [9.17, 15) is 0 Å². The van der Waals surface area contributed by atoms with Gasteiger partial charge in [0.05, 0.1) is 0 Å². The lowest BCUT2D eigenvalue weighted by molar-refractivity contribution is 0.552. The van der Waals surface area contributed by atoms with E-state index >= 15 is 0 Å². The molecule has 19 heavy (non-hydrogen) atoms. The third-order valence-electron chi connectivity index (χ3n) is 3.74. The Morgan fingerprint density at radius 2 is 2.05 bits per heavy atom. The zero-order chi connectivity index (χ0) is 13.5. The molecule has 106 valence electrons. The third kappa shape index (κ3) is 5.58. The molecule has 0 saturated heterocycles. The summed E-state index contributed by atoms with van der Waals surface area (Å²) in [5, 5.41) is 3.52. The van der Waals surface area contributed by atoms with E-state index in [-0.39, 0.29) is 0 Å². The predicted molar refractivity (Wildman–Crippen MR) is 85.7 cm³/mol. The molecule has 0 spiro atoms. The average molecular weight is 277 g/mol. The van der Waals surface area contributed by atoms with Gasteiger partial charge in [0.1, 0.15) is 0 Å². The quantitative estimate of drug-likeness (QED) is 0.724. The van der Waals surface area contributed by atoms with Gasteiger partial charge in [-0.2, -0.15) is 0 Å². The van der Waals surface area contributed by atoms with Crippen LogP contribution in [0.5, 0.6) is 0 Å². The van der Waals surface area contributed by atoms with Gasteiger partial charge in [0.15, 0.2) is 0 Å². The number of hydrogen-bond donors (Lipinski definition) is 1. The molecule has 1 saturated carbocycles. The van der Waals surface area contributed by atoms with Crippen LogP contribution < -0.4 is 5.32 Å². The van der Waals surface area contributed by atoms with Crippen LogP contribution in [0, 0.1) is 11.8 Å². The first-order valence-electron chi connectivity index (χ1n) is 7.66. The minimum atomic E-state index is 0.722. The SMILES string of the molecule is CC(C)CNCc1cccc(SCC2CCCC2)c1. The maximum Gasteiger partial charge on any atom is 0.0206 e. The number of benzene rings is 1. The summed E-state index contributed by atoms with van der Waals surface area (Å²) in [6.07, 6.45) is 5.79. The summed E-state index contributed by atoms with van der Waals surface area (Å²) < 4.78 is 0. The van der Waals surface area contributed by atoms with E-state index in [4.69, 9.17) is 0 Å². The zero-order valence-corrected chi connectivity index (χ0v) is 13.1. The Hall–Kier alpha value is -0.470. The highest BCUT2D eigenvalue weighted by Gasteiger charge is 2.14. The molecule has 0 unspecified atom stereocenters. The number of thioether (sulfide) groups is 1. The topological polar surface area (TPSA) is 12.0 Å². The van der Waals surface area contributed by atoms with Crippen molar-refractivity contribution in [3.8, 4) is 0 Å². The van der Waals surface area contributed by atoms with Gasteiger partial charge in [0, 0.05) is 17.2 Å². The van der Waals surface area contributed by atoms with Crippen molar-refractivity contribution in [2.75, 3.05) is 12.3 Å². The van der Waals surface area contributed by atoms with Crippen molar-refractivity contribution in [2.45, 2.75) is 51.0 Å². The zero-order valence-electron chi connectivity index (χ0n) is 12.3. The van der Waals surface area contributed by atoms with Gasteiger partial charge >= 0.3 is 0 Å². The van der Waals surface area contributed by atoms with Crippen molar-refractivity contribution in [1.29, 1.82) is 0 Å². The van der Waals surface area contributed by atoms with Crippen LogP contribution in [0.3, 0.4) is 0 Å². The fourth-order valence-electron chi connectivity index (χ4n) is 2.64. The summed E-state index contributed by atoms with van der Waals surface area (Å²) in [6, 6.07) is 9.04. The van der Waals surface area contributed by atoms with E-state index in [0.29, 0.717) is 0 Å². The van der Waals surface area contributed by atoms with Crippen molar-refractivity contribution in [1.82, 2.24) is 5.32 Å². The fourth-order valence-corrected chi connectivity index (χ4v) is 3.81. The largest absolute Gasteiger partial charge is 0.312 e. The van der Waals surface area contributed by atoms with Gasteiger partial charge in [-0.05, 0) is 48.9 Å². The summed E-state index contributed by atoms with van der Waals surface area (Å²) in [6.45, 7) is 6.59. The Morgan fingerprint density at radius 1 is 1.26 bits per heavy atom. The first-order valence-corrected chi connectivity index (χ1v) is 8.65. The molecule has 0 amide bonds. The summed E-state index contributed by atoms with van der Waals surface area (Å²) in [4.78, 5) is 1.44. The van der Waals surface area contributed by atoms with E-state index in [2.05, 4.69) is 43.4 Å². The van der Waals surface area contributed by atoms with E-state index in [1.54, 1.807) is 0 Å². The summed E-state index contributed by atoms with van der Waals surface area (Å²) in [5.74, 6) is 3.00. The number of nitrogens with one attached hydrogen (secondary N) is 1. The molecule has 0 bridgehead atoms. The minimum Gasteiger partial charge on any atom is -0.312 e. The first-order chi connectivity index (χ1) is 9.24. The second kappa shape index (κ2) is 7.96. The smallest absolute Gasteiger partial charge is 0.0206 e. The Kier molecular flexibility index (Phi) is 6.25. The highest BCUT2D eigenvalue weighted by molar-refractivity contribution is 7.99. The summed E-state index contributed by atoms with van der Waals surface area (Å²) in [7, 11) is 0. The van der Waals surface area contributed by atoms with Gasteiger partial charge in [-0.15, -0.1) is 11.8 Å². The standard InChI is InChI=1S/C17H27NS/c1-14(2)11-18-12-16-8-5-9-17(10-16)19-13-15-6-3-4-7-15/h5,8-10,14-15,18H,3-4,6-7,11-13H2,1-2H3. The normalized spacial score (nSPS) is 16.4. The van der Waals surface area contributed by atoms with Crippen molar-refractivity contribution in [3.05, 3.63) is 29.8 Å². The molecule has 1 aromatic carbocycles. The second-order valence-corrected chi connectivity index (χ2v) is 7.23. The molecule has 1 N–H and O–H groups in total. The van der Waals surface area contributed by atoms with Gasteiger partial charge in [-0.3, -0.25) is 0 Å². The van der Waals surface area contributed by atoms with Crippen LogP contribution in [-0.2, 0) is 6.54 Å². The molecule has 2 heteroatoms. The molecule has 0 atom stereocenters. The third-order valence-corrected chi connectivity index (χ3v) is 4.97. The molecule has 1 aliphatic carbocycles. The van der Waals surface area contributed by atoms with Crippen LogP contribution in [0.2, 0.25) is 0 Å². The van der Waals surface area contributed by atoms with Gasteiger partial charge in [0.25, 0.3) is 0 Å². The van der Waals surface area contributed by atoms with Crippen LogP contribution in [0.25, 0.3) is 0 Å². The Morgan fingerprint density at radius 3 is 2.79 bits per heavy atom. The van der Waals surface area contributed by atoms with Crippen LogP contribution in [0.1, 0.15) is 45.1 Å². The molecular formula is C17H27NS. The molecule has 0 aliphatic heterocycles. The summed E-state index contributed by atoms with van der Waals surface area (Å²) >= 11 is 2.04. The van der Waals surface area contributed by atoms with E-state index in [0.717, 1.165) is 24.9 Å². The molecule has 1 fully saturated rings. The van der Waals surface area contributed by atoms with E-state index in [1.165, 1.54) is 41.9 Å². The van der Waals surface area contributed by atoms with Crippen molar-refractivity contribution < 1.29 is 0 Å². The molecule has 0 heterocycles. The highest BCUT2D eigenvalue weighted by atomic mass is 32.2. The lowest BCUT2D eigenvalue weighted by Crippen LogP contribution is -2.18. The van der Waals surface area contributed by atoms with Crippen LogP contribution in [-0.4, -0.2) is 12.3 Å². The maximum absolute atomic E-state index is 3.52. The van der Waals surface area contributed by atoms with Crippen molar-refractivity contribution >= 4 is 11.8 Å². The van der Waals surface area contributed by atoms with E-state index < -0.39 is 0 Å². The first kappa shape index (κ1) is 14.9. The average Bonchev–Trinajstić information content (AvgIpc) is 2.89. The number of rotatable bonds is 7. The molecule has 0 aromatic heterocycles. The minimum absolute atomic E-state index is 0.722. The lowest BCUT2D eigenvalue weighted by Gasteiger charge is -2.10. The molecule has 1 aliphatic rings. The monoisotopic (exact) mass is 277 g/mol. The van der Waals surface area contributed by atoms with Crippen LogP contribution >= 0.6 is 11.8 Å². The van der Waals surface area contributed by atoms with Crippen LogP contribution in [0.15, 0.2) is 29.2 Å². The van der Waals surface area contributed by atoms with Gasteiger partial charge in [-0.1, -0.05) is 38.8 Å². The molecule has 0 radical (unpaired) electrons. The lowest BCUT2D eigenvalue weighted by atomic mass is 10.1. The van der Waals surface area contributed by atoms with Gasteiger partial charge < -0.3 is 5.32 Å². The Balaban J connectivity index is 1.77. The van der Waals surface area contributed by atoms with Gasteiger partial charge in [0.2, 0.25) is 0 Å². The predicted octanol–water partition coefficient (Wildman–Crippen LogP) is 4.71. The maximum atomic E-state index is 3.52. The molecular weight excluding hydrogens is 250 g/mol. The van der Waals surface area contributed by atoms with Gasteiger partial charge in [-0.25, -0.2) is 0 Å². The van der Waals surface area contributed by atoms with Crippen LogP contribution in [0.4, 0.5) is 0 Å². The Bertz CT molecular complexity index is 369. The highest BCUT2D eigenvalue weighted by Crippen LogP contribution is 2.31. The number of hydrogen-bond acceptors (Lipinski definition) is 2. The fraction of sp³-hybridized carbons (Fsp3) is 0.647. The molecule has 1 aromatic rings. The summed E-state index contributed by atoms with van der Waals surface area (Å²) in [5.41, 5.74) is 1.41. The molecule has 1 nitrogen and oxygen atoms in total. The molecule has 2 rings (SSSR count). The Labute approximate surface area is 122 Å². The van der Waals surface area contributed by atoms with E-state index in [1.807, 2.05) is 11.8 Å². The van der Waals surface area contributed by atoms with Crippen molar-refractivity contribution in [2.24, 2.45) is 11.8 Å². The second-order valence-electron chi connectivity index (χ2n) is 6.13. The van der Waals surface area contributed by atoms with Crippen molar-refractivity contribution in [3.63, 3.8) is 0 Å².